The summed E-state index contributed by atoms with van der Waals surface area (Å²) in [5.41, 5.74) is 4.88. The number of aromatic nitrogens is 2. The first-order valence-electron chi connectivity index (χ1n) is 6.68. The summed E-state index contributed by atoms with van der Waals surface area (Å²) in [6.07, 6.45) is 6.15. The average molecular weight is 254 g/mol. The van der Waals surface area contributed by atoms with Crippen molar-refractivity contribution >= 4 is 6.08 Å². The predicted molar refractivity (Wildman–Crippen MR) is 76.7 cm³/mol. The Labute approximate surface area is 113 Å². The van der Waals surface area contributed by atoms with Crippen LogP contribution in [0.2, 0.25) is 0 Å². The van der Waals surface area contributed by atoms with Crippen LogP contribution in [-0.4, -0.2) is 22.8 Å². The summed E-state index contributed by atoms with van der Waals surface area (Å²) in [5.74, 6) is 0. The van der Waals surface area contributed by atoms with Crippen molar-refractivity contribution in [1.82, 2.24) is 9.55 Å². The van der Waals surface area contributed by atoms with Gasteiger partial charge in [-0.3, -0.25) is 0 Å². The van der Waals surface area contributed by atoms with Crippen LogP contribution in [0.25, 0.3) is 17.3 Å². The lowest BCUT2D eigenvalue weighted by atomic mass is 10.0. The van der Waals surface area contributed by atoms with Crippen LogP contribution >= 0.6 is 0 Å². The number of imidazole rings is 1. The van der Waals surface area contributed by atoms with Gasteiger partial charge in [0.1, 0.15) is 0 Å². The third kappa shape index (κ3) is 2.61. The maximum absolute atomic E-state index is 5.39. The summed E-state index contributed by atoms with van der Waals surface area (Å²) in [5, 5.41) is 0. The molecule has 1 aromatic heterocycles. The normalized spacial score (nSPS) is 15.5. The summed E-state index contributed by atoms with van der Waals surface area (Å²) in [6, 6.07) is 10.4. The lowest BCUT2D eigenvalue weighted by Gasteiger charge is -2.14. The van der Waals surface area contributed by atoms with Gasteiger partial charge in [0.05, 0.1) is 30.9 Å². The molecule has 1 aliphatic rings. The largest absolute Gasteiger partial charge is 0.381 e. The molecule has 3 nitrogen and oxygen atoms in total. The second kappa shape index (κ2) is 5.41. The van der Waals surface area contributed by atoms with Crippen molar-refractivity contribution in [2.24, 2.45) is 7.05 Å². The Kier molecular flexibility index (Phi) is 3.47. The molecule has 0 N–H and O–H groups in total. The molecule has 3 heteroatoms. The van der Waals surface area contributed by atoms with Crippen LogP contribution in [0.4, 0.5) is 0 Å². The van der Waals surface area contributed by atoms with Crippen molar-refractivity contribution in [3.05, 3.63) is 47.9 Å². The number of hydrogen-bond acceptors (Lipinski definition) is 2. The third-order valence-electron chi connectivity index (χ3n) is 3.49. The van der Waals surface area contributed by atoms with Crippen molar-refractivity contribution in [3.8, 4) is 11.3 Å². The minimum atomic E-state index is 0.833. The van der Waals surface area contributed by atoms with Gasteiger partial charge in [-0.05, 0) is 18.9 Å². The predicted octanol–water partition coefficient (Wildman–Crippen LogP) is 3.28. The van der Waals surface area contributed by atoms with Gasteiger partial charge in [-0.25, -0.2) is 4.98 Å². The molecule has 0 saturated carbocycles. The fourth-order valence-corrected chi connectivity index (χ4v) is 2.47. The molecule has 0 unspecified atom stereocenters. The van der Waals surface area contributed by atoms with Gasteiger partial charge in [0.15, 0.2) is 0 Å². The number of hydrogen-bond donors (Lipinski definition) is 0. The molecule has 19 heavy (non-hydrogen) atoms. The van der Waals surface area contributed by atoms with Crippen LogP contribution in [0.3, 0.4) is 0 Å². The lowest BCUT2D eigenvalue weighted by molar-refractivity contribution is 0.119. The Morgan fingerprint density at radius 1 is 1.16 bits per heavy atom. The molecular formula is C16H18N2O. The zero-order valence-electron chi connectivity index (χ0n) is 11.2. The van der Waals surface area contributed by atoms with E-state index in [1.165, 1.54) is 16.8 Å². The van der Waals surface area contributed by atoms with E-state index in [0.717, 1.165) is 31.7 Å². The summed E-state index contributed by atoms with van der Waals surface area (Å²) in [7, 11) is 2.04. The zero-order chi connectivity index (χ0) is 13.1. The standard InChI is InChI=1S/C16H18N2O/c1-18-12-17-15(11-13-7-9-19-10-8-13)16(18)14-5-3-2-4-6-14/h2-6,11-12H,7-10H2,1H3. The zero-order valence-corrected chi connectivity index (χ0v) is 11.2. The van der Waals surface area contributed by atoms with Crippen molar-refractivity contribution in [2.75, 3.05) is 13.2 Å². The van der Waals surface area contributed by atoms with Gasteiger partial charge < -0.3 is 9.30 Å². The van der Waals surface area contributed by atoms with E-state index in [0.29, 0.717) is 0 Å². The number of nitrogens with zero attached hydrogens (tertiary/aromatic N) is 2. The Morgan fingerprint density at radius 3 is 2.63 bits per heavy atom. The smallest absolute Gasteiger partial charge is 0.0955 e. The highest BCUT2D eigenvalue weighted by Gasteiger charge is 2.11. The number of rotatable bonds is 2. The second-order valence-corrected chi connectivity index (χ2v) is 4.87. The molecule has 1 fully saturated rings. The van der Waals surface area contributed by atoms with Gasteiger partial charge in [0.25, 0.3) is 0 Å². The van der Waals surface area contributed by atoms with Crippen molar-refractivity contribution < 1.29 is 4.74 Å². The highest BCUT2D eigenvalue weighted by Crippen LogP contribution is 2.26. The van der Waals surface area contributed by atoms with Gasteiger partial charge in [-0.2, -0.15) is 0 Å². The van der Waals surface area contributed by atoms with Gasteiger partial charge in [-0.15, -0.1) is 0 Å². The summed E-state index contributed by atoms with van der Waals surface area (Å²) < 4.78 is 7.48. The van der Waals surface area contributed by atoms with Gasteiger partial charge in [-0.1, -0.05) is 35.9 Å². The molecule has 3 rings (SSSR count). The summed E-state index contributed by atoms with van der Waals surface area (Å²) in [4.78, 5) is 4.53. The van der Waals surface area contributed by atoms with Crippen molar-refractivity contribution in [3.63, 3.8) is 0 Å². The van der Waals surface area contributed by atoms with Crippen LogP contribution in [0, 0.1) is 0 Å². The van der Waals surface area contributed by atoms with Crippen LogP contribution in [-0.2, 0) is 11.8 Å². The molecule has 0 amide bonds. The van der Waals surface area contributed by atoms with E-state index in [2.05, 4.69) is 39.9 Å². The molecule has 1 aliphatic heterocycles. The topological polar surface area (TPSA) is 27.1 Å². The minimum Gasteiger partial charge on any atom is -0.381 e. The fraction of sp³-hybridized carbons (Fsp3) is 0.312. The maximum Gasteiger partial charge on any atom is 0.0955 e. The van der Waals surface area contributed by atoms with Crippen molar-refractivity contribution in [1.29, 1.82) is 0 Å². The molecule has 1 aromatic carbocycles. The van der Waals surface area contributed by atoms with Crippen molar-refractivity contribution in [2.45, 2.75) is 12.8 Å². The first-order chi connectivity index (χ1) is 9.34. The molecule has 1 saturated heterocycles. The number of ether oxygens (including phenoxy) is 1. The van der Waals surface area contributed by atoms with E-state index in [-0.39, 0.29) is 0 Å². The molecule has 0 aliphatic carbocycles. The highest BCUT2D eigenvalue weighted by atomic mass is 16.5. The Balaban J connectivity index is 1.99. The number of aryl methyl sites for hydroxylation is 1. The van der Waals surface area contributed by atoms with Crippen LogP contribution in [0.5, 0.6) is 0 Å². The number of benzene rings is 1. The SMILES string of the molecule is Cn1cnc(C=C2CCOCC2)c1-c1ccccc1. The van der Waals surface area contributed by atoms with E-state index < -0.39 is 0 Å². The van der Waals surface area contributed by atoms with Crippen LogP contribution in [0.15, 0.2) is 42.2 Å². The molecule has 0 bridgehead atoms. The Bertz CT molecular complexity index is 576. The Morgan fingerprint density at radius 2 is 1.89 bits per heavy atom. The Hall–Kier alpha value is -1.87. The van der Waals surface area contributed by atoms with E-state index >= 15 is 0 Å². The molecule has 2 heterocycles. The van der Waals surface area contributed by atoms with Crippen LogP contribution in [0.1, 0.15) is 18.5 Å². The molecular weight excluding hydrogens is 236 g/mol. The molecule has 0 atom stereocenters. The lowest BCUT2D eigenvalue weighted by Crippen LogP contribution is -2.07. The van der Waals surface area contributed by atoms with Gasteiger partial charge in [0.2, 0.25) is 0 Å². The van der Waals surface area contributed by atoms with Gasteiger partial charge in [0, 0.05) is 12.6 Å². The molecule has 0 spiro atoms. The quantitative estimate of drug-likeness (QED) is 0.822. The summed E-state index contributed by atoms with van der Waals surface area (Å²) >= 11 is 0. The average Bonchev–Trinajstić information content (AvgIpc) is 2.82. The fourth-order valence-electron chi connectivity index (χ4n) is 2.47. The maximum atomic E-state index is 5.39. The van der Waals surface area contributed by atoms with E-state index in [1.54, 1.807) is 0 Å². The van der Waals surface area contributed by atoms with Crippen LogP contribution < -0.4 is 0 Å². The van der Waals surface area contributed by atoms with E-state index in [4.69, 9.17) is 4.74 Å². The van der Waals surface area contributed by atoms with E-state index in [9.17, 15) is 0 Å². The van der Waals surface area contributed by atoms with E-state index in [1.807, 2.05) is 19.4 Å². The molecule has 2 aromatic rings. The first-order valence-corrected chi connectivity index (χ1v) is 6.68. The second-order valence-electron chi connectivity index (χ2n) is 4.87. The molecule has 98 valence electrons. The summed E-state index contributed by atoms with van der Waals surface area (Å²) in [6.45, 7) is 1.67. The third-order valence-corrected chi connectivity index (χ3v) is 3.49. The minimum absolute atomic E-state index is 0.833. The highest BCUT2D eigenvalue weighted by molar-refractivity contribution is 5.71. The monoisotopic (exact) mass is 254 g/mol. The first kappa shape index (κ1) is 12.2. The molecule has 0 radical (unpaired) electrons. The van der Waals surface area contributed by atoms with Gasteiger partial charge >= 0.3 is 0 Å².